The van der Waals surface area contributed by atoms with Crippen LogP contribution in [0.4, 0.5) is 0 Å². The Morgan fingerprint density at radius 2 is 1.82 bits per heavy atom. The SMILES string of the molecule is CON(C)C(=O)C(C)S(=O)(=O)c1ccccc1. The molecule has 0 aromatic heterocycles. The van der Waals surface area contributed by atoms with Gasteiger partial charge in [0, 0.05) is 7.05 Å². The van der Waals surface area contributed by atoms with E-state index >= 15 is 0 Å². The zero-order valence-electron chi connectivity index (χ0n) is 9.95. The fourth-order valence-corrected chi connectivity index (χ4v) is 2.65. The van der Waals surface area contributed by atoms with Gasteiger partial charge in [-0.25, -0.2) is 13.5 Å². The van der Waals surface area contributed by atoms with Crippen LogP contribution in [0.3, 0.4) is 0 Å². The molecule has 1 unspecified atom stereocenters. The van der Waals surface area contributed by atoms with Gasteiger partial charge in [-0.05, 0) is 19.1 Å². The average Bonchev–Trinajstić information content (AvgIpc) is 2.37. The first-order valence-corrected chi connectivity index (χ1v) is 6.56. The van der Waals surface area contributed by atoms with E-state index in [0.29, 0.717) is 0 Å². The second kappa shape index (κ2) is 5.29. The molecule has 0 heterocycles. The Bertz CT molecular complexity index is 483. The zero-order valence-corrected chi connectivity index (χ0v) is 10.8. The van der Waals surface area contributed by atoms with E-state index in [0.717, 1.165) is 5.06 Å². The van der Waals surface area contributed by atoms with Gasteiger partial charge in [-0.1, -0.05) is 18.2 Å². The third-order valence-electron chi connectivity index (χ3n) is 2.47. The number of sulfone groups is 1. The topological polar surface area (TPSA) is 63.7 Å². The standard InChI is InChI=1S/C11H15NO4S/c1-9(11(13)12(2)16-3)17(14,15)10-7-5-4-6-8-10/h4-9H,1-3H3. The van der Waals surface area contributed by atoms with Crippen molar-refractivity contribution in [1.29, 1.82) is 0 Å². The van der Waals surface area contributed by atoms with Crippen molar-refractivity contribution in [3.63, 3.8) is 0 Å². The Hall–Kier alpha value is -1.40. The molecule has 1 amide bonds. The summed E-state index contributed by atoms with van der Waals surface area (Å²) in [5.41, 5.74) is 0. The Balaban J connectivity index is 3.04. The van der Waals surface area contributed by atoms with Crippen LogP contribution in [0.25, 0.3) is 0 Å². The van der Waals surface area contributed by atoms with Gasteiger partial charge in [-0.2, -0.15) is 0 Å². The Kier molecular flexibility index (Phi) is 4.25. The maximum atomic E-state index is 12.1. The number of amides is 1. The van der Waals surface area contributed by atoms with Crippen molar-refractivity contribution in [2.45, 2.75) is 17.1 Å². The highest BCUT2D eigenvalue weighted by Gasteiger charge is 2.31. The minimum Gasteiger partial charge on any atom is -0.275 e. The lowest BCUT2D eigenvalue weighted by atomic mass is 10.4. The molecule has 0 N–H and O–H groups in total. The second-order valence-electron chi connectivity index (χ2n) is 3.52. The Morgan fingerprint density at radius 1 is 1.29 bits per heavy atom. The maximum absolute atomic E-state index is 12.1. The molecule has 6 heteroatoms. The summed E-state index contributed by atoms with van der Waals surface area (Å²) in [6.07, 6.45) is 0. The summed E-state index contributed by atoms with van der Waals surface area (Å²) in [7, 11) is -0.985. The van der Waals surface area contributed by atoms with Crippen molar-refractivity contribution < 1.29 is 18.0 Å². The number of hydroxylamine groups is 2. The molecule has 94 valence electrons. The third kappa shape index (κ3) is 2.83. The molecule has 1 rings (SSSR count). The summed E-state index contributed by atoms with van der Waals surface area (Å²) >= 11 is 0. The lowest BCUT2D eigenvalue weighted by Crippen LogP contribution is -2.38. The van der Waals surface area contributed by atoms with E-state index in [-0.39, 0.29) is 4.90 Å². The summed E-state index contributed by atoms with van der Waals surface area (Å²) in [5, 5.41) is -0.264. The molecular weight excluding hydrogens is 242 g/mol. The quantitative estimate of drug-likeness (QED) is 0.751. The highest BCUT2D eigenvalue weighted by molar-refractivity contribution is 7.92. The third-order valence-corrected chi connectivity index (χ3v) is 4.53. The Labute approximate surface area is 101 Å². The van der Waals surface area contributed by atoms with E-state index in [1.807, 2.05) is 0 Å². The van der Waals surface area contributed by atoms with Crippen LogP contribution in [0.1, 0.15) is 6.92 Å². The molecule has 0 aliphatic rings. The first-order chi connectivity index (χ1) is 7.91. The van der Waals surface area contributed by atoms with Gasteiger partial charge < -0.3 is 0 Å². The van der Waals surface area contributed by atoms with Crippen LogP contribution < -0.4 is 0 Å². The van der Waals surface area contributed by atoms with Crippen LogP contribution in [0.2, 0.25) is 0 Å². The Morgan fingerprint density at radius 3 is 2.29 bits per heavy atom. The van der Waals surface area contributed by atoms with Crippen LogP contribution in [0.15, 0.2) is 35.2 Å². The van der Waals surface area contributed by atoms with Crippen molar-refractivity contribution in [3.8, 4) is 0 Å². The molecule has 17 heavy (non-hydrogen) atoms. The molecule has 0 fully saturated rings. The minimum atomic E-state index is -3.66. The van der Waals surface area contributed by atoms with Gasteiger partial charge in [-0.3, -0.25) is 9.63 Å². The molecule has 0 saturated carbocycles. The lowest BCUT2D eigenvalue weighted by Gasteiger charge is -2.18. The van der Waals surface area contributed by atoms with Crippen molar-refractivity contribution in [2.24, 2.45) is 0 Å². The zero-order chi connectivity index (χ0) is 13.1. The summed E-state index contributed by atoms with van der Waals surface area (Å²) in [4.78, 5) is 16.5. The van der Waals surface area contributed by atoms with E-state index in [1.54, 1.807) is 18.2 Å². The van der Waals surface area contributed by atoms with E-state index < -0.39 is 21.0 Å². The van der Waals surface area contributed by atoms with Crippen LogP contribution >= 0.6 is 0 Å². The summed E-state index contributed by atoms with van der Waals surface area (Å²) < 4.78 is 24.2. The van der Waals surface area contributed by atoms with Crippen molar-refractivity contribution in [3.05, 3.63) is 30.3 Å². The summed E-state index contributed by atoms with van der Waals surface area (Å²) in [6.45, 7) is 1.35. The lowest BCUT2D eigenvalue weighted by molar-refractivity contribution is -0.167. The molecule has 0 radical (unpaired) electrons. The van der Waals surface area contributed by atoms with E-state index in [9.17, 15) is 13.2 Å². The van der Waals surface area contributed by atoms with Crippen molar-refractivity contribution in [2.75, 3.05) is 14.2 Å². The first-order valence-electron chi connectivity index (χ1n) is 5.02. The van der Waals surface area contributed by atoms with Gasteiger partial charge in [-0.15, -0.1) is 0 Å². The molecule has 1 atom stereocenters. The van der Waals surface area contributed by atoms with Crippen molar-refractivity contribution >= 4 is 15.7 Å². The first kappa shape index (κ1) is 13.7. The molecule has 0 spiro atoms. The molecule has 1 aromatic rings. The molecule has 0 saturated heterocycles. The van der Waals surface area contributed by atoms with Crippen molar-refractivity contribution in [1.82, 2.24) is 5.06 Å². The van der Waals surface area contributed by atoms with Gasteiger partial charge in [0.2, 0.25) is 0 Å². The number of hydrogen-bond acceptors (Lipinski definition) is 4. The largest absolute Gasteiger partial charge is 0.275 e. The van der Waals surface area contributed by atoms with Gasteiger partial charge in [0.05, 0.1) is 12.0 Å². The number of carbonyl (C=O) groups is 1. The molecule has 0 aliphatic carbocycles. The summed E-state index contributed by atoms with van der Waals surface area (Å²) in [5.74, 6) is -0.601. The fraction of sp³-hybridized carbons (Fsp3) is 0.364. The maximum Gasteiger partial charge on any atom is 0.264 e. The normalized spacial score (nSPS) is 13.1. The predicted molar refractivity (Wildman–Crippen MR) is 62.9 cm³/mol. The highest BCUT2D eigenvalue weighted by atomic mass is 32.2. The van der Waals surface area contributed by atoms with E-state index in [4.69, 9.17) is 0 Å². The minimum absolute atomic E-state index is 0.130. The fourth-order valence-electron chi connectivity index (χ4n) is 1.29. The average molecular weight is 257 g/mol. The molecule has 5 nitrogen and oxygen atoms in total. The monoisotopic (exact) mass is 257 g/mol. The molecule has 1 aromatic carbocycles. The molecule has 0 aliphatic heterocycles. The van der Waals surface area contributed by atoms with Crippen LogP contribution in [-0.4, -0.2) is 38.8 Å². The molecule has 0 bridgehead atoms. The van der Waals surface area contributed by atoms with Crippen LogP contribution in [0.5, 0.6) is 0 Å². The second-order valence-corrected chi connectivity index (χ2v) is 5.79. The summed E-state index contributed by atoms with van der Waals surface area (Å²) in [6, 6.07) is 7.87. The van der Waals surface area contributed by atoms with Gasteiger partial charge in [0.15, 0.2) is 9.84 Å². The molecular formula is C11H15NO4S. The van der Waals surface area contributed by atoms with Crippen LogP contribution in [-0.2, 0) is 19.5 Å². The number of hydrogen-bond donors (Lipinski definition) is 0. The number of rotatable bonds is 4. The predicted octanol–water partition coefficient (Wildman–Crippen LogP) is 0.869. The smallest absolute Gasteiger partial charge is 0.264 e. The number of carbonyl (C=O) groups excluding carboxylic acids is 1. The van der Waals surface area contributed by atoms with Gasteiger partial charge >= 0.3 is 0 Å². The van der Waals surface area contributed by atoms with Gasteiger partial charge in [0.1, 0.15) is 5.25 Å². The number of nitrogens with zero attached hydrogens (tertiary/aromatic N) is 1. The highest BCUT2D eigenvalue weighted by Crippen LogP contribution is 2.16. The van der Waals surface area contributed by atoms with Gasteiger partial charge in [0.25, 0.3) is 5.91 Å². The van der Waals surface area contributed by atoms with E-state index in [1.165, 1.54) is 33.2 Å². The number of benzene rings is 1. The van der Waals surface area contributed by atoms with Crippen LogP contribution in [0, 0.1) is 0 Å². The van der Waals surface area contributed by atoms with E-state index in [2.05, 4.69) is 4.84 Å².